The monoisotopic (exact) mass is 311 g/mol. The van der Waals surface area contributed by atoms with E-state index >= 15 is 0 Å². The number of rotatable bonds is 1. The lowest BCUT2D eigenvalue weighted by Crippen LogP contribution is -2.99. The lowest BCUT2D eigenvalue weighted by Gasteiger charge is -2.91. The number of carbonyl (C=O) groups excluding carboxylic acids is 1. The summed E-state index contributed by atoms with van der Waals surface area (Å²) >= 11 is 4.00. The van der Waals surface area contributed by atoms with Crippen LogP contribution in [-0.2, 0) is 14.3 Å². The minimum atomic E-state index is -0.355. The summed E-state index contributed by atoms with van der Waals surface area (Å²) in [7, 11) is 0. The van der Waals surface area contributed by atoms with E-state index in [0.717, 1.165) is 13.2 Å². The second-order valence-corrected chi connectivity index (χ2v) is 8.21. The van der Waals surface area contributed by atoms with Crippen LogP contribution < -0.4 is 5.32 Å². The van der Waals surface area contributed by atoms with Crippen LogP contribution in [0.4, 0.5) is 0 Å². The number of nitrogens with one attached hydrogen (secondary N) is 1. The summed E-state index contributed by atoms with van der Waals surface area (Å²) in [5, 5.41) is 3.26. The van der Waals surface area contributed by atoms with Crippen LogP contribution in [-0.4, -0.2) is 34.8 Å². The molecular formula is C13H14BrNO3. The quantitative estimate of drug-likeness (QED) is 0.718. The normalized spacial score (nSPS) is 69.9. The predicted octanol–water partition coefficient (Wildman–Crippen LogP) is 0.503. The Morgan fingerprint density at radius 1 is 1.11 bits per heavy atom. The number of amides is 1. The zero-order chi connectivity index (χ0) is 12.1. The topological polar surface area (TPSA) is 47.6 Å². The van der Waals surface area contributed by atoms with Crippen molar-refractivity contribution in [1.82, 2.24) is 5.32 Å². The summed E-state index contributed by atoms with van der Waals surface area (Å²) in [5.41, 5.74) is 0.141. The Kier molecular flexibility index (Phi) is 1.19. The number of carbonyl (C=O) groups is 1. The molecular weight excluding hydrogens is 298 g/mol. The van der Waals surface area contributed by atoms with Crippen molar-refractivity contribution in [2.24, 2.45) is 35.5 Å². The Balaban J connectivity index is 1.49. The average molecular weight is 312 g/mol. The van der Waals surface area contributed by atoms with Gasteiger partial charge in [0.15, 0.2) is 5.79 Å². The smallest absolute Gasteiger partial charge is 0.217 e. The molecule has 2 bridgehead atoms. The van der Waals surface area contributed by atoms with E-state index in [1.54, 1.807) is 6.92 Å². The summed E-state index contributed by atoms with van der Waals surface area (Å²) in [6, 6.07) is 0. The summed E-state index contributed by atoms with van der Waals surface area (Å²) in [6.07, 6.45) is 0. The Labute approximate surface area is 113 Å². The van der Waals surface area contributed by atoms with Gasteiger partial charge in [0.25, 0.3) is 0 Å². The van der Waals surface area contributed by atoms with Gasteiger partial charge < -0.3 is 14.8 Å². The van der Waals surface area contributed by atoms with Crippen molar-refractivity contribution >= 4 is 21.8 Å². The molecule has 6 saturated carbocycles. The predicted molar refractivity (Wildman–Crippen MR) is 63.8 cm³/mol. The van der Waals surface area contributed by atoms with E-state index in [2.05, 4.69) is 21.2 Å². The molecule has 5 heteroatoms. The van der Waals surface area contributed by atoms with Gasteiger partial charge in [-0.2, -0.15) is 0 Å². The fraction of sp³-hybridized carbons (Fsp3) is 0.923. The van der Waals surface area contributed by atoms with Crippen molar-refractivity contribution in [2.45, 2.75) is 22.6 Å². The maximum atomic E-state index is 11.4. The summed E-state index contributed by atoms with van der Waals surface area (Å²) < 4.78 is 12.2. The molecule has 7 fully saturated rings. The van der Waals surface area contributed by atoms with Gasteiger partial charge in [0, 0.05) is 12.8 Å². The molecule has 96 valence electrons. The Morgan fingerprint density at radius 3 is 2.22 bits per heavy atom. The van der Waals surface area contributed by atoms with Crippen LogP contribution in [0.15, 0.2) is 0 Å². The second-order valence-electron chi connectivity index (χ2n) is 6.90. The van der Waals surface area contributed by atoms with Gasteiger partial charge in [-0.05, 0) is 29.6 Å². The minimum Gasteiger partial charge on any atom is -0.350 e. The highest BCUT2D eigenvalue weighted by atomic mass is 79.9. The van der Waals surface area contributed by atoms with E-state index in [0.29, 0.717) is 35.5 Å². The van der Waals surface area contributed by atoms with E-state index in [1.165, 1.54) is 0 Å². The highest BCUT2D eigenvalue weighted by Gasteiger charge is 3.09. The van der Waals surface area contributed by atoms with Gasteiger partial charge in [0.1, 0.15) is 0 Å². The van der Waals surface area contributed by atoms with Crippen molar-refractivity contribution in [3.05, 3.63) is 0 Å². The molecule has 6 aliphatic carbocycles. The standard InChI is InChI=1S/C13H14BrNO3/c1-4(16)15-11-5-8-6(11)10-7(11)9(5)12(8,14)13(10)17-2-3-18-13/h5-10H,2-3H2,1H3,(H,15,16)/t5?,6-,7+,8-,9-,10?,11?,12?/m1/s1. The first-order valence-corrected chi connectivity index (χ1v) is 7.65. The zero-order valence-corrected chi connectivity index (χ0v) is 11.6. The number of hydrogen-bond donors (Lipinski definition) is 1. The number of hydrogen-bond acceptors (Lipinski definition) is 3. The molecule has 4 nitrogen and oxygen atoms in total. The third-order valence-electron chi connectivity index (χ3n) is 7.03. The third-order valence-corrected chi connectivity index (χ3v) is 8.64. The molecule has 7 aliphatic rings. The van der Waals surface area contributed by atoms with Crippen molar-refractivity contribution in [3.63, 3.8) is 0 Å². The van der Waals surface area contributed by atoms with Crippen LogP contribution in [0.25, 0.3) is 0 Å². The lowest BCUT2D eigenvalue weighted by atomic mass is 9.16. The summed E-state index contributed by atoms with van der Waals surface area (Å²) in [4.78, 5) is 11.4. The third kappa shape index (κ3) is 0.511. The molecule has 1 aliphatic heterocycles. The highest BCUT2D eigenvalue weighted by Crippen LogP contribution is 3.01. The number of halogens is 1. The van der Waals surface area contributed by atoms with Gasteiger partial charge in [-0.1, -0.05) is 15.9 Å². The van der Waals surface area contributed by atoms with E-state index in [4.69, 9.17) is 9.47 Å². The summed E-state index contributed by atoms with van der Waals surface area (Å²) in [6.45, 7) is 3.08. The van der Waals surface area contributed by atoms with E-state index < -0.39 is 0 Å². The first-order chi connectivity index (χ1) is 8.61. The molecule has 0 radical (unpaired) electrons. The van der Waals surface area contributed by atoms with Crippen LogP contribution in [0, 0.1) is 35.5 Å². The van der Waals surface area contributed by atoms with Crippen LogP contribution in [0.1, 0.15) is 6.92 Å². The van der Waals surface area contributed by atoms with Gasteiger partial charge >= 0.3 is 0 Å². The molecule has 7 rings (SSSR count). The molecule has 4 unspecified atom stereocenters. The van der Waals surface area contributed by atoms with Crippen LogP contribution in [0.2, 0.25) is 0 Å². The molecule has 0 aromatic rings. The van der Waals surface area contributed by atoms with Crippen LogP contribution >= 0.6 is 15.9 Å². The lowest BCUT2D eigenvalue weighted by molar-refractivity contribution is -0.391. The van der Waals surface area contributed by atoms with Gasteiger partial charge in [0.2, 0.25) is 5.91 Å². The van der Waals surface area contributed by atoms with Crippen LogP contribution in [0.5, 0.6) is 0 Å². The molecule has 0 aromatic carbocycles. The van der Waals surface area contributed by atoms with E-state index in [1.807, 2.05) is 0 Å². The van der Waals surface area contributed by atoms with Crippen molar-refractivity contribution in [2.75, 3.05) is 13.2 Å². The number of alkyl halides is 1. The Bertz CT molecular complexity index is 508. The second kappa shape index (κ2) is 2.21. The molecule has 1 saturated heterocycles. The molecule has 18 heavy (non-hydrogen) atoms. The largest absolute Gasteiger partial charge is 0.350 e. The fourth-order valence-corrected chi connectivity index (χ4v) is 8.80. The minimum absolute atomic E-state index is 0.0708. The summed E-state index contributed by atoms with van der Waals surface area (Å²) in [5.74, 6) is 3.51. The van der Waals surface area contributed by atoms with Gasteiger partial charge in [-0.3, -0.25) is 4.79 Å². The molecule has 1 N–H and O–H groups in total. The number of ether oxygens (including phenoxy) is 2. The van der Waals surface area contributed by atoms with Gasteiger partial charge in [-0.15, -0.1) is 0 Å². The molecule has 0 aromatic heterocycles. The van der Waals surface area contributed by atoms with Gasteiger partial charge in [-0.25, -0.2) is 0 Å². The molecule has 8 atom stereocenters. The molecule has 1 heterocycles. The zero-order valence-electron chi connectivity index (χ0n) is 9.98. The van der Waals surface area contributed by atoms with Crippen molar-refractivity contribution in [3.8, 4) is 0 Å². The first kappa shape index (κ1) is 9.72. The van der Waals surface area contributed by atoms with E-state index in [-0.39, 0.29) is 21.6 Å². The molecule has 1 spiro atoms. The Morgan fingerprint density at radius 2 is 1.67 bits per heavy atom. The van der Waals surface area contributed by atoms with E-state index in [9.17, 15) is 4.79 Å². The Hall–Kier alpha value is -0.130. The maximum absolute atomic E-state index is 11.4. The average Bonchev–Trinajstić information content (AvgIpc) is 2.86. The fourth-order valence-electron chi connectivity index (χ4n) is 7.17. The van der Waals surface area contributed by atoms with Gasteiger partial charge in [0.05, 0.1) is 23.1 Å². The van der Waals surface area contributed by atoms with Crippen molar-refractivity contribution in [1.29, 1.82) is 0 Å². The SMILES string of the molecule is CC(=O)NC12C3[C@@H]4[C@H]1C1[C@H]2[C@@H]3C4(Br)C12OCCO2. The molecule has 1 amide bonds. The first-order valence-electron chi connectivity index (χ1n) is 6.86. The maximum Gasteiger partial charge on any atom is 0.217 e. The van der Waals surface area contributed by atoms with Crippen LogP contribution in [0.3, 0.4) is 0 Å². The highest BCUT2D eigenvalue weighted by molar-refractivity contribution is 9.10. The van der Waals surface area contributed by atoms with Crippen molar-refractivity contribution < 1.29 is 14.3 Å².